The first-order valence-electron chi connectivity index (χ1n) is 8.47. The Labute approximate surface area is 155 Å². The Morgan fingerprint density at radius 1 is 1.28 bits per heavy atom. The standard InChI is InChI=1S/C18H20N4OS2/c1-3-25-18-20-17-19-13-5-4-6-14(23)15(13)16(22(17)21-18)11-7-9-12(24-2)10-8-11/h7-10,16H,3-6H2,1-2H3,(H,19,20,21)/t16-/m0/s1. The highest BCUT2D eigenvalue weighted by Crippen LogP contribution is 2.40. The second kappa shape index (κ2) is 6.88. The summed E-state index contributed by atoms with van der Waals surface area (Å²) in [6, 6.07) is 8.23. The second-order valence-electron chi connectivity index (χ2n) is 6.07. The smallest absolute Gasteiger partial charge is 0.227 e. The second-order valence-corrected chi connectivity index (χ2v) is 8.18. The molecule has 0 saturated heterocycles. The summed E-state index contributed by atoms with van der Waals surface area (Å²) in [7, 11) is 0. The van der Waals surface area contributed by atoms with E-state index in [9.17, 15) is 4.79 Å². The Hall–Kier alpha value is -1.73. The molecule has 2 aromatic rings. The summed E-state index contributed by atoms with van der Waals surface area (Å²) in [6.07, 6.45) is 4.46. The third kappa shape index (κ3) is 3.00. The summed E-state index contributed by atoms with van der Waals surface area (Å²) < 4.78 is 1.88. The van der Waals surface area contributed by atoms with Crippen LogP contribution in [-0.4, -0.2) is 32.6 Å². The number of carbonyl (C=O) groups excluding carboxylic acids is 1. The number of fused-ring (bicyclic) bond motifs is 1. The molecular weight excluding hydrogens is 352 g/mol. The Morgan fingerprint density at radius 3 is 2.80 bits per heavy atom. The summed E-state index contributed by atoms with van der Waals surface area (Å²) in [6.45, 7) is 2.09. The largest absolute Gasteiger partial charge is 0.328 e. The molecule has 0 fully saturated rings. The minimum Gasteiger partial charge on any atom is -0.328 e. The van der Waals surface area contributed by atoms with E-state index in [1.165, 1.54) is 4.90 Å². The van der Waals surface area contributed by atoms with Gasteiger partial charge >= 0.3 is 0 Å². The van der Waals surface area contributed by atoms with Crippen LogP contribution in [0.2, 0.25) is 0 Å². The van der Waals surface area contributed by atoms with Gasteiger partial charge in [0.1, 0.15) is 6.04 Å². The SMILES string of the molecule is CCSc1nc2n(n1)[C@@H](c1ccc(SC)cc1)C1=C(CCCC1=O)N2. The maximum atomic E-state index is 12.7. The number of anilines is 1. The van der Waals surface area contributed by atoms with Gasteiger partial charge in [0.15, 0.2) is 5.78 Å². The number of nitrogens with one attached hydrogen (secondary N) is 1. The van der Waals surface area contributed by atoms with Crippen LogP contribution in [-0.2, 0) is 4.79 Å². The molecule has 1 aromatic heterocycles. The van der Waals surface area contributed by atoms with Crippen LogP contribution in [0.25, 0.3) is 0 Å². The number of carbonyl (C=O) groups is 1. The average Bonchev–Trinajstić information content (AvgIpc) is 3.02. The number of benzene rings is 1. The third-order valence-electron chi connectivity index (χ3n) is 4.55. The molecule has 1 atom stereocenters. The van der Waals surface area contributed by atoms with Crippen LogP contribution >= 0.6 is 23.5 Å². The lowest BCUT2D eigenvalue weighted by atomic mass is 9.85. The minimum absolute atomic E-state index is 0.186. The van der Waals surface area contributed by atoms with Crippen LogP contribution in [0.4, 0.5) is 5.95 Å². The molecule has 0 unspecified atom stereocenters. The molecule has 1 N–H and O–H groups in total. The van der Waals surface area contributed by atoms with Gasteiger partial charge in [-0.25, -0.2) is 4.68 Å². The fourth-order valence-electron chi connectivity index (χ4n) is 3.42. The zero-order valence-corrected chi connectivity index (χ0v) is 15.9. The van der Waals surface area contributed by atoms with Crippen molar-refractivity contribution in [3.05, 3.63) is 41.1 Å². The number of hydrogen-bond acceptors (Lipinski definition) is 6. The van der Waals surface area contributed by atoms with Gasteiger partial charge in [-0.2, -0.15) is 4.98 Å². The topological polar surface area (TPSA) is 59.8 Å². The van der Waals surface area contributed by atoms with E-state index in [0.29, 0.717) is 6.42 Å². The van der Waals surface area contributed by atoms with E-state index in [-0.39, 0.29) is 11.8 Å². The lowest BCUT2D eigenvalue weighted by molar-refractivity contribution is -0.116. The van der Waals surface area contributed by atoms with Crippen LogP contribution in [0, 0.1) is 0 Å². The molecule has 0 saturated carbocycles. The molecule has 7 heteroatoms. The van der Waals surface area contributed by atoms with Crippen molar-refractivity contribution in [3.8, 4) is 0 Å². The van der Waals surface area contributed by atoms with Crippen LogP contribution in [0.1, 0.15) is 37.8 Å². The van der Waals surface area contributed by atoms with Gasteiger partial charge in [-0.15, -0.1) is 16.9 Å². The quantitative estimate of drug-likeness (QED) is 0.814. The van der Waals surface area contributed by atoms with Gasteiger partial charge < -0.3 is 5.32 Å². The van der Waals surface area contributed by atoms with Crippen LogP contribution in [0.5, 0.6) is 0 Å². The summed E-state index contributed by atoms with van der Waals surface area (Å²) >= 11 is 3.33. The molecule has 0 bridgehead atoms. The Kier molecular flexibility index (Phi) is 4.60. The van der Waals surface area contributed by atoms with Gasteiger partial charge in [0, 0.05) is 22.6 Å². The Morgan fingerprint density at radius 2 is 2.08 bits per heavy atom. The number of hydrogen-bond donors (Lipinski definition) is 1. The first-order valence-corrected chi connectivity index (χ1v) is 10.7. The maximum Gasteiger partial charge on any atom is 0.227 e. The molecule has 0 amide bonds. The number of allylic oxidation sites excluding steroid dienone is 2. The average molecular weight is 373 g/mol. The number of rotatable bonds is 4. The monoisotopic (exact) mass is 372 g/mol. The van der Waals surface area contributed by atoms with Crippen molar-refractivity contribution in [2.45, 2.75) is 42.3 Å². The molecule has 5 nitrogen and oxygen atoms in total. The van der Waals surface area contributed by atoms with E-state index >= 15 is 0 Å². The van der Waals surface area contributed by atoms with Crippen molar-refractivity contribution < 1.29 is 4.79 Å². The highest BCUT2D eigenvalue weighted by molar-refractivity contribution is 7.99. The number of aromatic nitrogens is 3. The molecule has 0 spiro atoms. The molecule has 2 heterocycles. The fourth-order valence-corrected chi connectivity index (χ4v) is 4.38. The Balaban J connectivity index is 1.84. The van der Waals surface area contributed by atoms with E-state index in [1.807, 2.05) is 4.68 Å². The van der Waals surface area contributed by atoms with Crippen LogP contribution in [0.15, 0.2) is 45.6 Å². The van der Waals surface area contributed by atoms with Crippen molar-refractivity contribution in [1.82, 2.24) is 14.8 Å². The fraction of sp³-hybridized carbons (Fsp3) is 0.389. The molecule has 0 radical (unpaired) electrons. The molecule has 1 aliphatic carbocycles. The van der Waals surface area contributed by atoms with E-state index in [0.717, 1.165) is 46.5 Å². The molecule has 2 aliphatic rings. The molecule has 1 aliphatic heterocycles. The maximum absolute atomic E-state index is 12.7. The number of nitrogens with zero attached hydrogens (tertiary/aromatic N) is 3. The summed E-state index contributed by atoms with van der Waals surface area (Å²) in [5, 5.41) is 8.79. The highest BCUT2D eigenvalue weighted by Gasteiger charge is 2.36. The molecule has 4 rings (SSSR count). The normalized spacial score (nSPS) is 19.4. The number of thioether (sulfide) groups is 2. The van der Waals surface area contributed by atoms with Crippen molar-refractivity contribution in [2.75, 3.05) is 17.3 Å². The van der Waals surface area contributed by atoms with Crippen LogP contribution < -0.4 is 5.32 Å². The Bertz CT molecular complexity index is 841. The molecule has 130 valence electrons. The van der Waals surface area contributed by atoms with Crippen molar-refractivity contribution >= 4 is 35.3 Å². The van der Waals surface area contributed by atoms with Crippen molar-refractivity contribution in [3.63, 3.8) is 0 Å². The first-order chi connectivity index (χ1) is 12.2. The van der Waals surface area contributed by atoms with E-state index < -0.39 is 0 Å². The molecule has 25 heavy (non-hydrogen) atoms. The predicted octanol–water partition coefficient (Wildman–Crippen LogP) is 4.13. The highest BCUT2D eigenvalue weighted by atomic mass is 32.2. The van der Waals surface area contributed by atoms with Gasteiger partial charge in [-0.05, 0) is 42.5 Å². The van der Waals surface area contributed by atoms with Crippen molar-refractivity contribution in [2.24, 2.45) is 0 Å². The van der Waals surface area contributed by atoms with Gasteiger partial charge in [0.2, 0.25) is 11.1 Å². The van der Waals surface area contributed by atoms with Gasteiger partial charge in [0.05, 0.1) is 0 Å². The van der Waals surface area contributed by atoms with Gasteiger partial charge in [-0.3, -0.25) is 4.79 Å². The minimum atomic E-state index is -0.186. The number of Topliss-reactive ketones (excluding diaryl/α,β-unsaturated/α-hetero) is 1. The van der Waals surface area contributed by atoms with E-state index in [4.69, 9.17) is 0 Å². The van der Waals surface area contributed by atoms with Crippen LogP contribution in [0.3, 0.4) is 0 Å². The molecular formula is C18H20N4OS2. The van der Waals surface area contributed by atoms with Crippen molar-refractivity contribution in [1.29, 1.82) is 0 Å². The lowest BCUT2D eigenvalue weighted by Gasteiger charge is -2.32. The lowest BCUT2D eigenvalue weighted by Crippen LogP contribution is -2.31. The third-order valence-corrected chi connectivity index (χ3v) is 6.02. The number of ketones is 1. The summed E-state index contributed by atoms with van der Waals surface area (Å²) in [5.41, 5.74) is 2.96. The predicted molar refractivity (Wildman–Crippen MR) is 102 cm³/mol. The molecule has 1 aromatic carbocycles. The van der Waals surface area contributed by atoms with Gasteiger partial charge in [-0.1, -0.05) is 30.8 Å². The summed E-state index contributed by atoms with van der Waals surface area (Å²) in [4.78, 5) is 18.5. The zero-order valence-electron chi connectivity index (χ0n) is 14.3. The summed E-state index contributed by atoms with van der Waals surface area (Å²) in [5.74, 6) is 1.88. The van der Waals surface area contributed by atoms with E-state index in [1.54, 1.807) is 23.5 Å². The zero-order chi connectivity index (χ0) is 17.4. The van der Waals surface area contributed by atoms with Gasteiger partial charge in [0.25, 0.3) is 0 Å². The first kappa shape index (κ1) is 16.7. The van der Waals surface area contributed by atoms with E-state index in [2.05, 4.69) is 52.8 Å².